The van der Waals surface area contributed by atoms with Gasteiger partial charge in [-0.1, -0.05) is 24.9 Å². The van der Waals surface area contributed by atoms with Crippen molar-refractivity contribution in [2.75, 3.05) is 29.6 Å². The minimum absolute atomic E-state index is 0.0201. The number of amides is 2. The van der Waals surface area contributed by atoms with Crippen molar-refractivity contribution in [2.45, 2.75) is 37.8 Å². The van der Waals surface area contributed by atoms with Crippen molar-refractivity contribution in [3.05, 3.63) is 54.3 Å². The molecule has 4 rings (SSSR count). The van der Waals surface area contributed by atoms with Gasteiger partial charge >= 0.3 is 6.03 Å². The predicted molar refractivity (Wildman–Crippen MR) is 130 cm³/mol. The molecule has 7 nitrogen and oxygen atoms in total. The molecule has 168 valence electrons. The molecule has 0 unspecified atom stereocenters. The molecule has 0 atom stereocenters. The molecule has 0 saturated heterocycles. The maximum absolute atomic E-state index is 13.0. The highest BCUT2D eigenvalue weighted by Gasteiger charge is 2.28. The van der Waals surface area contributed by atoms with Crippen LogP contribution < -0.4 is 15.5 Å². The third-order valence-corrected chi connectivity index (χ3v) is 6.19. The number of aromatic nitrogens is 2. The van der Waals surface area contributed by atoms with Gasteiger partial charge in [-0.05, 0) is 62.1 Å². The van der Waals surface area contributed by atoms with Crippen molar-refractivity contribution >= 4 is 47.2 Å². The number of urea groups is 1. The molecule has 1 aliphatic carbocycles. The van der Waals surface area contributed by atoms with E-state index in [-0.39, 0.29) is 23.9 Å². The number of nitrogens with one attached hydrogen (secondary N) is 2. The number of carbonyl (C=O) groups is 1. The zero-order valence-electron chi connectivity index (χ0n) is 18.1. The number of benzene rings is 2. The van der Waals surface area contributed by atoms with E-state index in [1.54, 1.807) is 0 Å². The second-order valence-electron chi connectivity index (χ2n) is 8.21. The molecule has 3 aromatic rings. The number of anilines is 3. The number of nitrogens with zero attached hydrogens (tertiary/aromatic N) is 4. The molecular formula is C23H27FN6OS. The average Bonchev–Trinajstić information content (AvgIpc) is 2.80. The van der Waals surface area contributed by atoms with Crippen molar-refractivity contribution in [3.8, 4) is 0 Å². The summed E-state index contributed by atoms with van der Waals surface area (Å²) in [5.74, 6) is 1.16. The van der Waals surface area contributed by atoms with Crippen LogP contribution in [0.4, 0.5) is 26.6 Å². The molecule has 1 heterocycles. The van der Waals surface area contributed by atoms with E-state index in [0.29, 0.717) is 11.6 Å². The highest BCUT2D eigenvalue weighted by molar-refractivity contribution is 7.78. The Hall–Kier alpha value is -3.07. The normalized spacial score (nSPS) is 18.2. The number of para-hydroxylation sites is 1. The molecule has 1 fully saturated rings. The van der Waals surface area contributed by atoms with Gasteiger partial charge in [0, 0.05) is 37.3 Å². The molecule has 2 N–H and O–H groups in total. The van der Waals surface area contributed by atoms with Gasteiger partial charge in [-0.15, -0.1) is 0 Å². The van der Waals surface area contributed by atoms with Gasteiger partial charge in [0.25, 0.3) is 0 Å². The van der Waals surface area contributed by atoms with Gasteiger partial charge in [0.15, 0.2) is 0 Å². The SMILES string of the molecule is CN(C)c1nc(NC2CCC(N(S)C(=O)Nc3ccc(F)cc3)CC2)nc2ccccc12. The first-order valence-corrected chi connectivity index (χ1v) is 11.1. The van der Waals surface area contributed by atoms with E-state index in [1.807, 2.05) is 43.3 Å². The summed E-state index contributed by atoms with van der Waals surface area (Å²) >= 11 is 4.42. The Morgan fingerprint density at radius 3 is 2.41 bits per heavy atom. The highest BCUT2D eigenvalue weighted by atomic mass is 32.1. The number of hydrogen-bond donors (Lipinski definition) is 3. The lowest BCUT2D eigenvalue weighted by Crippen LogP contribution is -2.40. The Kier molecular flexibility index (Phi) is 6.64. The first-order chi connectivity index (χ1) is 15.4. The predicted octanol–water partition coefficient (Wildman–Crippen LogP) is 4.94. The fourth-order valence-electron chi connectivity index (χ4n) is 3.99. The monoisotopic (exact) mass is 454 g/mol. The Morgan fingerprint density at radius 1 is 1.03 bits per heavy atom. The summed E-state index contributed by atoms with van der Waals surface area (Å²) < 4.78 is 14.5. The number of rotatable bonds is 5. The molecule has 32 heavy (non-hydrogen) atoms. The van der Waals surface area contributed by atoms with Crippen LogP contribution in [-0.2, 0) is 0 Å². The summed E-state index contributed by atoms with van der Waals surface area (Å²) in [6.07, 6.45) is 3.37. The minimum Gasteiger partial charge on any atom is -0.362 e. The summed E-state index contributed by atoms with van der Waals surface area (Å²) in [4.78, 5) is 23.9. The lowest BCUT2D eigenvalue weighted by molar-refractivity contribution is 0.217. The topological polar surface area (TPSA) is 73.4 Å². The van der Waals surface area contributed by atoms with E-state index in [4.69, 9.17) is 4.98 Å². The van der Waals surface area contributed by atoms with Gasteiger partial charge < -0.3 is 15.5 Å². The van der Waals surface area contributed by atoms with Gasteiger partial charge in [0.05, 0.1) is 5.52 Å². The van der Waals surface area contributed by atoms with Crippen LogP contribution in [0, 0.1) is 5.82 Å². The van der Waals surface area contributed by atoms with Crippen molar-refractivity contribution < 1.29 is 9.18 Å². The molecule has 0 aliphatic heterocycles. The highest BCUT2D eigenvalue weighted by Crippen LogP contribution is 2.28. The van der Waals surface area contributed by atoms with Crippen molar-refractivity contribution in [1.29, 1.82) is 0 Å². The van der Waals surface area contributed by atoms with E-state index in [0.717, 1.165) is 42.4 Å². The summed E-state index contributed by atoms with van der Waals surface area (Å²) in [6.45, 7) is 0. The summed E-state index contributed by atoms with van der Waals surface area (Å²) in [5.41, 5.74) is 1.44. The molecule has 2 aromatic carbocycles. The second kappa shape index (κ2) is 9.60. The molecular weight excluding hydrogens is 427 g/mol. The van der Waals surface area contributed by atoms with Crippen molar-refractivity contribution in [3.63, 3.8) is 0 Å². The molecule has 0 bridgehead atoms. The summed E-state index contributed by atoms with van der Waals surface area (Å²) in [6, 6.07) is 13.6. The van der Waals surface area contributed by atoms with Gasteiger partial charge in [-0.2, -0.15) is 4.98 Å². The lowest BCUT2D eigenvalue weighted by atomic mass is 9.91. The van der Waals surface area contributed by atoms with Crippen LogP contribution in [0.1, 0.15) is 25.7 Å². The van der Waals surface area contributed by atoms with E-state index in [1.165, 1.54) is 28.6 Å². The Labute approximate surface area is 192 Å². The third-order valence-electron chi connectivity index (χ3n) is 5.69. The fraction of sp³-hybridized carbons (Fsp3) is 0.348. The first kappa shape index (κ1) is 22.1. The third kappa shape index (κ3) is 5.04. The molecule has 2 amide bonds. The van der Waals surface area contributed by atoms with E-state index in [9.17, 15) is 9.18 Å². The van der Waals surface area contributed by atoms with E-state index in [2.05, 4.69) is 28.4 Å². The van der Waals surface area contributed by atoms with Gasteiger partial charge in [-0.3, -0.25) is 4.31 Å². The van der Waals surface area contributed by atoms with Crippen LogP contribution >= 0.6 is 12.8 Å². The zero-order valence-corrected chi connectivity index (χ0v) is 19.0. The van der Waals surface area contributed by atoms with Crippen LogP contribution in [0.15, 0.2) is 48.5 Å². The molecule has 1 saturated carbocycles. The Bertz CT molecular complexity index is 1090. The first-order valence-electron chi connectivity index (χ1n) is 10.7. The number of fused-ring (bicyclic) bond motifs is 1. The van der Waals surface area contributed by atoms with Crippen molar-refractivity contribution in [1.82, 2.24) is 14.3 Å². The second-order valence-corrected chi connectivity index (χ2v) is 8.64. The van der Waals surface area contributed by atoms with Crippen LogP contribution in [0.25, 0.3) is 10.9 Å². The molecule has 1 aromatic heterocycles. The maximum atomic E-state index is 13.0. The zero-order chi connectivity index (χ0) is 22.7. The summed E-state index contributed by atoms with van der Waals surface area (Å²) in [5, 5.41) is 7.25. The average molecular weight is 455 g/mol. The van der Waals surface area contributed by atoms with Crippen molar-refractivity contribution in [2.24, 2.45) is 0 Å². The lowest BCUT2D eigenvalue weighted by Gasteiger charge is -2.34. The number of hydrogen-bond acceptors (Lipinski definition) is 6. The van der Waals surface area contributed by atoms with Crippen LogP contribution in [0.2, 0.25) is 0 Å². The molecule has 1 aliphatic rings. The standard InChI is InChI=1S/C23H27FN6OS/c1-29(2)21-19-5-3-4-6-20(19)27-22(28-21)25-16-11-13-18(14-12-16)30(32)23(31)26-17-9-7-15(24)8-10-17/h3-10,16,18,32H,11-14H2,1-2H3,(H,26,31)(H,25,27,28). The van der Waals surface area contributed by atoms with E-state index < -0.39 is 0 Å². The number of thiol groups is 1. The van der Waals surface area contributed by atoms with Crippen LogP contribution in [0.5, 0.6) is 0 Å². The summed E-state index contributed by atoms with van der Waals surface area (Å²) in [7, 11) is 3.95. The van der Waals surface area contributed by atoms with Gasteiger partial charge in [-0.25, -0.2) is 14.2 Å². The number of carbonyl (C=O) groups excluding carboxylic acids is 1. The van der Waals surface area contributed by atoms with Crippen LogP contribution in [0.3, 0.4) is 0 Å². The Morgan fingerprint density at radius 2 is 1.72 bits per heavy atom. The quantitative estimate of drug-likeness (QED) is 0.477. The minimum atomic E-state index is -0.343. The largest absolute Gasteiger partial charge is 0.362 e. The van der Waals surface area contributed by atoms with Gasteiger partial charge in [0.2, 0.25) is 5.95 Å². The number of halogens is 1. The maximum Gasteiger partial charge on any atom is 0.331 e. The van der Waals surface area contributed by atoms with Gasteiger partial charge in [0.1, 0.15) is 11.6 Å². The smallest absolute Gasteiger partial charge is 0.331 e. The molecule has 0 spiro atoms. The fourth-order valence-corrected chi connectivity index (χ4v) is 4.27. The molecule has 9 heteroatoms. The van der Waals surface area contributed by atoms with E-state index >= 15 is 0 Å². The van der Waals surface area contributed by atoms with Crippen LogP contribution in [-0.4, -0.2) is 46.5 Å². The Balaban J connectivity index is 1.35. The molecule has 0 radical (unpaired) electrons.